The lowest BCUT2D eigenvalue weighted by molar-refractivity contribution is 0.212. The van der Waals surface area contributed by atoms with Gasteiger partial charge in [-0.25, -0.2) is 0 Å². The van der Waals surface area contributed by atoms with Crippen molar-refractivity contribution in [1.82, 2.24) is 4.90 Å². The molecule has 1 unspecified atom stereocenters. The minimum Gasteiger partial charge on any atom is -0.327 e. The highest BCUT2D eigenvalue weighted by Crippen LogP contribution is 2.42. The van der Waals surface area contributed by atoms with Gasteiger partial charge < -0.3 is 5.73 Å². The Morgan fingerprint density at radius 3 is 2.73 bits per heavy atom. The zero-order valence-corrected chi connectivity index (χ0v) is 10.7. The molecule has 0 amide bonds. The van der Waals surface area contributed by atoms with Crippen LogP contribution in [0.2, 0.25) is 0 Å². The number of hydrogen-bond acceptors (Lipinski definition) is 3. The highest BCUT2D eigenvalue weighted by molar-refractivity contribution is 8.00. The summed E-state index contributed by atoms with van der Waals surface area (Å²) >= 11 is 2.23. The Balaban J connectivity index is 1.90. The molecular weight excluding hydrogens is 204 g/mol. The van der Waals surface area contributed by atoms with Gasteiger partial charge in [0.25, 0.3) is 0 Å². The first-order valence-corrected chi connectivity index (χ1v) is 7.31. The molecule has 1 saturated carbocycles. The van der Waals surface area contributed by atoms with Gasteiger partial charge in [-0.05, 0) is 19.8 Å². The van der Waals surface area contributed by atoms with Crippen LogP contribution in [-0.4, -0.2) is 41.1 Å². The molecule has 0 radical (unpaired) electrons. The van der Waals surface area contributed by atoms with Crippen molar-refractivity contribution in [3.8, 4) is 0 Å². The van der Waals surface area contributed by atoms with Crippen LogP contribution in [0.3, 0.4) is 0 Å². The fraction of sp³-hybridized carbons (Fsp3) is 1.00. The average Bonchev–Trinajstić information content (AvgIpc) is 2.17. The third-order valence-electron chi connectivity index (χ3n) is 3.64. The van der Waals surface area contributed by atoms with Gasteiger partial charge in [-0.15, -0.1) is 0 Å². The van der Waals surface area contributed by atoms with Gasteiger partial charge in [-0.1, -0.05) is 19.3 Å². The van der Waals surface area contributed by atoms with E-state index in [0.29, 0.717) is 10.8 Å². The van der Waals surface area contributed by atoms with Crippen molar-refractivity contribution in [2.45, 2.75) is 49.8 Å². The molecule has 1 heterocycles. The predicted molar refractivity (Wildman–Crippen MR) is 68.4 cm³/mol. The second-order valence-corrected chi connectivity index (χ2v) is 6.87. The Morgan fingerprint density at radius 1 is 1.33 bits per heavy atom. The number of thioether (sulfide) groups is 1. The second kappa shape index (κ2) is 5.07. The largest absolute Gasteiger partial charge is 0.327 e. The van der Waals surface area contributed by atoms with Crippen LogP contribution in [0.15, 0.2) is 0 Å². The molecule has 1 atom stereocenters. The molecule has 1 spiro atoms. The highest BCUT2D eigenvalue weighted by atomic mass is 32.2. The van der Waals surface area contributed by atoms with Gasteiger partial charge in [0.1, 0.15) is 0 Å². The Labute approximate surface area is 98.0 Å². The molecule has 0 aromatic carbocycles. The third-order valence-corrected chi connectivity index (χ3v) is 5.17. The molecule has 1 aliphatic carbocycles. The molecule has 2 rings (SSSR count). The maximum absolute atomic E-state index is 5.89. The van der Waals surface area contributed by atoms with Crippen LogP contribution < -0.4 is 5.73 Å². The van der Waals surface area contributed by atoms with Crippen LogP contribution in [0.4, 0.5) is 0 Å². The topological polar surface area (TPSA) is 29.3 Å². The first-order valence-electron chi connectivity index (χ1n) is 6.32. The van der Waals surface area contributed by atoms with Crippen LogP contribution in [-0.2, 0) is 0 Å². The van der Waals surface area contributed by atoms with Crippen LogP contribution in [0.1, 0.15) is 39.0 Å². The lowest BCUT2D eigenvalue weighted by Crippen LogP contribution is -2.50. The monoisotopic (exact) mass is 228 g/mol. The number of rotatable bonds is 2. The molecule has 0 aromatic rings. The fourth-order valence-electron chi connectivity index (χ4n) is 2.99. The maximum Gasteiger partial charge on any atom is 0.0287 e. The highest BCUT2D eigenvalue weighted by Gasteiger charge is 2.37. The third kappa shape index (κ3) is 3.11. The molecule has 3 heteroatoms. The molecule has 0 bridgehead atoms. The summed E-state index contributed by atoms with van der Waals surface area (Å²) in [4.78, 5) is 2.59. The lowest BCUT2D eigenvalue weighted by Gasteiger charge is -2.45. The lowest BCUT2D eigenvalue weighted by atomic mass is 9.87. The van der Waals surface area contributed by atoms with Gasteiger partial charge >= 0.3 is 0 Å². The van der Waals surface area contributed by atoms with Crippen LogP contribution >= 0.6 is 11.8 Å². The van der Waals surface area contributed by atoms with E-state index in [0.717, 1.165) is 6.54 Å². The molecule has 1 aliphatic heterocycles. The summed E-state index contributed by atoms with van der Waals surface area (Å²) < 4.78 is 0.603. The van der Waals surface area contributed by atoms with Crippen molar-refractivity contribution in [1.29, 1.82) is 0 Å². The standard InChI is InChI=1S/C12H24N2S/c1-11(13)9-14-7-8-15-12(10-14)5-3-2-4-6-12/h11H,2-10,13H2,1H3. The maximum atomic E-state index is 5.89. The van der Waals surface area contributed by atoms with Crippen LogP contribution in [0.5, 0.6) is 0 Å². The van der Waals surface area contributed by atoms with Crippen molar-refractivity contribution in [3.05, 3.63) is 0 Å². The predicted octanol–water partition coefficient (Wildman–Crippen LogP) is 2.09. The molecule has 15 heavy (non-hydrogen) atoms. The van der Waals surface area contributed by atoms with E-state index in [1.165, 1.54) is 50.9 Å². The number of hydrogen-bond donors (Lipinski definition) is 1. The number of nitrogens with zero attached hydrogens (tertiary/aromatic N) is 1. The Kier molecular flexibility index (Phi) is 3.97. The fourth-order valence-corrected chi connectivity index (χ4v) is 4.62. The van der Waals surface area contributed by atoms with Crippen molar-refractivity contribution >= 4 is 11.8 Å². The summed E-state index contributed by atoms with van der Waals surface area (Å²) in [6.07, 6.45) is 7.22. The summed E-state index contributed by atoms with van der Waals surface area (Å²) in [5, 5.41) is 0. The molecule has 1 saturated heterocycles. The minimum atomic E-state index is 0.328. The molecule has 2 aliphatic rings. The van der Waals surface area contributed by atoms with E-state index >= 15 is 0 Å². The quantitative estimate of drug-likeness (QED) is 0.785. The van der Waals surface area contributed by atoms with Crippen LogP contribution in [0.25, 0.3) is 0 Å². The molecule has 0 aromatic heterocycles. The van der Waals surface area contributed by atoms with Crippen molar-refractivity contribution in [3.63, 3.8) is 0 Å². The average molecular weight is 228 g/mol. The van der Waals surface area contributed by atoms with Gasteiger partial charge in [0, 0.05) is 36.2 Å². The van der Waals surface area contributed by atoms with E-state index in [-0.39, 0.29) is 0 Å². The Morgan fingerprint density at radius 2 is 2.07 bits per heavy atom. The summed E-state index contributed by atoms with van der Waals surface area (Å²) in [7, 11) is 0. The molecule has 2 fully saturated rings. The van der Waals surface area contributed by atoms with Gasteiger partial charge in [0.15, 0.2) is 0 Å². The summed E-state index contributed by atoms with van der Waals surface area (Å²) in [5.74, 6) is 1.31. The van der Waals surface area contributed by atoms with Gasteiger partial charge in [-0.3, -0.25) is 4.90 Å². The van der Waals surface area contributed by atoms with E-state index < -0.39 is 0 Å². The Hall–Kier alpha value is 0.270. The first-order chi connectivity index (χ1) is 7.20. The van der Waals surface area contributed by atoms with Crippen LogP contribution in [0, 0.1) is 0 Å². The van der Waals surface area contributed by atoms with E-state index in [1.54, 1.807) is 0 Å². The molecule has 2 N–H and O–H groups in total. The van der Waals surface area contributed by atoms with Crippen molar-refractivity contribution < 1.29 is 0 Å². The van der Waals surface area contributed by atoms with E-state index in [4.69, 9.17) is 5.73 Å². The van der Waals surface area contributed by atoms with Crippen molar-refractivity contribution in [2.24, 2.45) is 5.73 Å². The Bertz CT molecular complexity index is 194. The second-order valence-electron chi connectivity index (χ2n) is 5.30. The smallest absolute Gasteiger partial charge is 0.0287 e. The summed E-state index contributed by atoms with van der Waals surface area (Å²) in [5.41, 5.74) is 5.89. The summed E-state index contributed by atoms with van der Waals surface area (Å²) in [6.45, 7) is 5.74. The number of nitrogens with two attached hydrogens (primary N) is 1. The van der Waals surface area contributed by atoms with Crippen molar-refractivity contribution in [2.75, 3.05) is 25.4 Å². The SMILES string of the molecule is CC(N)CN1CCSC2(CCCCC2)C1. The zero-order valence-electron chi connectivity index (χ0n) is 9.87. The van der Waals surface area contributed by atoms with Gasteiger partial charge in [0.2, 0.25) is 0 Å². The normalized spacial score (nSPS) is 29.2. The minimum absolute atomic E-state index is 0.328. The van der Waals surface area contributed by atoms with E-state index in [1.807, 2.05) is 0 Å². The van der Waals surface area contributed by atoms with Gasteiger partial charge in [0.05, 0.1) is 0 Å². The summed E-state index contributed by atoms with van der Waals surface area (Å²) in [6, 6.07) is 0.328. The van der Waals surface area contributed by atoms with E-state index in [2.05, 4.69) is 23.6 Å². The van der Waals surface area contributed by atoms with E-state index in [9.17, 15) is 0 Å². The zero-order chi connectivity index (χ0) is 10.7. The van der Waals surface area contributed by atoms with Gasteiger partial charge in [-0.2, -0.15) is 11.8 Å². The molecule has 2 nitrogen and oxygen atoms in total. The molecule has 88 valence electrons. The molecular formula is C12H24N2S. The first kappa shape index (κ1) is 11.7.